The van der Waals surface area contributed by atoms with Crippen molar-refractivity contribution in [3.8, 4) is 11.4 Å². The van der Waals surface area contributed by atoms with Crippen molar-refractivity contribution in [1.82, 2.24) is 30.0 Å². The Labute approximate surface area is 269 Å². The Morgan fingerprint density at radius 2 is 1.76 bits per heavy atom. The number of ether oxygens (including phenoxy) is 1. The molecule has 0 atom stereocenters. The van der Waals surface area contributed by atoms with E-state index in [1.807, 2.05) is 44.0 Å². The molecule has 12 nitrogen and oxygen atoms in total. The van der Waals surface area contributed by atoms with Gasteiger partial charge in [-0.05, 0) is 76.4 Å². The van der Waals surface area contributed by atoms with E-state index in [0.29, 0.717) is 30.5 Å². The van der Waals surface area contributed by atoms with E-state index in [9.17, 15) is 18.8 Å². The molecule has 4 rings (SSSR count). The lowest BCUT2D eigenvalue weighted by atomic mass is 10.1. The first kappa shape index (κ1) is 34.4. The number of rotatable bonds is 11. The zero-order chi connectivity index (χ0) is 33.8. The number of carbonyl (C=O) groups is 3. The molecule has 3 amide bonds. The zero-order valence-electron chi connectivity index (χ0n) is 27.9. The molecular weight excluding hydrogens is 593 g/mol. The molecule has 0 spiro atoms. The smallest absolute Gasteiger partial charge is 0.410 e. The molecule has 0 aliphatic carbocycles. The highest BCUT2D eigenvalue weighted by molar-refractivity contribution is 5.87. The first-order valence-electron chi connectivity index (χ1n) is 15.3. The minimum Gasteiger partial charge on any atom is -0.444 e. The van der Waals surface area contributed by atoms with Crippen molar-refractivity contribution in [1.29, 1.82) is 0 Å². The fraction of sp³-hybridized carbons (Fsp3) is 0.485. The molecule has 0 saturated carbocycles. The van der Waals surface area contributed by atoms with Crippen molar-refractivity contribution < 1.29 is 28.0 Å². The van der Waals surface area contributed by atoms with Crippen LogP contribution in [0.2, 0.25) is 0 Å². The van der Waals surface area contributed by atoms with Gasteiger partial charge in [0.2, 0.25) is 17.6 Å². The monoisotopic (exact) mass is 637 g/mol. The summed E-state index contributed by atoms with van der Waals surface area (Å²) >= 11 is 0. The highest BCUT2D eigenvalue weighted by Gasteiger charge is 2.29. The molecule has 13 heteroatoms. The van der Waals surface area contributed by atoms with Crippen LogP contribution in [0, 0.1) is 19.7 Å². The average Bonchev–Trinajstić information content (AvgIpc) is 3.60. The number of likely N-dealkylation sites (N-methyl/N-ethyl adjacent to an activating group) is 1. The SMILES string of the molecule is Cc1nc(-c2ccc(C)c(NCC(=O)N(CCN(C(=O)OC(C)(C)C)C(C)C)CC(=O)N(C)N3Cc4ccc(F)cc4C3)c2)no1. The Morgan fingerprint density at radius 3 is 2.41 bits per heavy atom. The Balaban J connectivity index is 1.49. The van der Waals surface area contributed by atoms with E-state index >= 15 is 0 Å². The van der Waals surface area contributed by atoms with Gasteiger partial charge in [0.15, 0.2) is 0 Å². The highest BCUT2D eigenvalue weighted by Crippen LogP contribution is 2.25. The number of anilines is 1. The van der Waals surface area contributed by atoms with E-state index in [1.54, 1.807) is 45.7 Å². The second kappa shape index (κ2) is 14.3. The number of hydrogen-bond donors (Lipinski definition) is 1. The topological polar surface area (TPSA) is 124 Å². The molecule has 1 aliphatic heterocycles. The molecule has 0 radical (unpaired) electrons. The summed E-state index contributed by atoms with van der Waals surface area (Å²) in [7, 11) is 1.64. The molecular formula is C33H44FN7O5. The molecule has 3 aromatic rings. The van der Waals surface area contributed by atoms with E-state index in [2.05, 4.69) is 15.5 Å². The highest BCUT2D eigenvalue weighted by atomic mass is 19.1. The van der Waals surface area contributed by atoms with Crippen LogP contribution in [-0.2, 0) is 27.4 Å². The van der Waals surface area contributed by atoms with Crippen LogP contribution in [-0.4, -0.2) is 92.7 Å². The predicted octanol–water partition coefficient (Wildman–Crippen LogP) is 4.77. The number of fused-ring (bicyclic) bond motifs is 1. The summed E-state index contributed by atoms with van der Waals surface area (Å²) in [5.74, 6) is -0.101. The van der Waals surface area contributed by atoms with Gasteiger partial charge in [-0.25, -0.2) is 14.2 Å². The van der Waals surface area contributed by atoms with E-state index in [0.717, 1.165) is 22.3 Å². The molecule has 2 aromatic carbocycles. The molecule has 1 aliphatic rings. The second-order valence-corrected chi connectivity index (χ2v) is 12.8. The van der Waals surface area contributed by atoms with Gasteiger partial charge in [-0.15, -0.1) is 0 Å². The van der Waals surface area contributed by atoms with Gasteiger partial charge in [0.05, 0.1) is 6.54 Å². The van der Waals surface area contributed by atoms with Crippen molar-refractivity contribution >= 4 is 23.6 Å². The van der Waals surface area contributed by atoms with Crippen molar-refractivity contribution in [2.45, 2.75) is 73.2 Å². The lowest BCUT2D eigenvalue weighted by Gasteiger charge is -2.33. The standard InChI is InChI=1S/C33H44FN7O5/c1-21(2)41(32(44)45-33(5,6)7)14-13-39(20-30(43)38(8)40-18-25-11-12-27(34)15-26(25)19-40)29(42)17-35-28-16-24(10-9-22(28)3)31-36-23(4)46-37-31/h9-12,15-16,21,35H,13-14,17-20H2,1-8H3. The van der Waals surface area contributed by atoms with Crippen molar-refractivity contribution in [2.24, 2.45) is 0 Å². The fourth-order valence-corrected chi connectivity index (χ4v) is 5.03. The lowest BCUT2D eigenvalue weighted by Crippen LogP contribution is -2.51. The van der Waals surface area contributed by atoms with Crippen LogP contribution in [0.5, 0.6) is 0 Å². The van der Waals surface area contributed by atoms with Crippen LogP contribution in [0.1, 0.15) is 57.2 Å². The van der Waals surface area contributed by atoms with Crippen LogP contribution in [0.25, 0.3) is 11.4 Å². The second-order valence-electron chi connectivity index (χ2n) is 12.8. The molecule has 0 fully saturated rings. The van der Waals surface area contributed by atoms with Gasteiger partial charge in [0.25, 0.3) is 5.91 Å². The Hall–Kier alpha value is -4.52. The van der Waals surface area contributed by atoms with Crippen LogP contribution in [0.3, 0.4) is 0 Å². The third-order valence-corrected chi connectivity index (χ3v) is 7.65. The number of carbonyl (C=O) groups excluding carboxylic acids is 3. The van der Waals surface area contributed by atoms with Gasteiger partial charge in [-0.2, -0.15) is 4.98 Å². The summed E-state index contributed by atoms with van der Waals surface area (Å²) in [6.45, 7) is 13.5. The van der Waals surface area contributed by atoms with Crippen LogP contribution in [0.4, 0.5) is 14.9 Å². The van der Waals surface area contributed by atoms with Gasteiger partial charge in [-0.3, -0.25) is 14.6 Å². The van der Waals surface area contributed by atoms with Gasteiger partial charge in [0.1, 0.15) is 18.0 Å². The van der Waals surface area contributed by atoms with E-state index < -0.39 is 11.7 Å². The lowest BCUT2D eigenvalue weighted by molar-refractivity contribution is -0.151. The average molecular weight is 638 g/mol. The van der Waals surface area contributed by atoms with Gasteiger partial charge in [-0.1, -0.05) is 23.4 Å². The quantitative estimate of drug-likeness (QED) is 0.317. The summed E-state index contributed by atoms with van der Waals surface area (Å²) in [6, 6.07) is 10.0. The van der Waals surface area contributed by atoms with E-state index in [4.69, 9.17) is 9.26 Å². The van der Waals surface area contributed by atoms with Crippen LogP contribution >= 0.6 is 0 Å². The summed E-state index contributed by atoms with van der Waals surface area (Å²) in [5, 5.41) is 10.5. The number of benzene rings is 2. The minimum absolute atomic E-state index is 0.101. The zero-order valence-corrected chi connectivity index (χ0v) is 27.9. The largest absolute Gasteiger partial charge is 0.444 e. The molecule has 2 heterocycles. The van der Waals surface area contributed by atoms with Crippen molar-refractivity contribution in [2.75, 3.05) is 38.5 Å². The molecule has 1 N–H and O–H groups in total. The molecule has 248 valence electrons. The number of halogens is 1. The van der Waals surface area contributed by atoms with Gasteiger partial charge >= 0.3 is 6.09 Å². The molecule has 0 unspecified atom stereocenters. The molecule has 46 heavy (non-hydrogen) atoms. The fourth-order valence-electron chi connectivity index (χ4n) is 5.03. The molecule has 0 bridgehead atoms. The van der Waals surface area contributed by atoms with E-state index in [1.165, 1.54) is 22.0 Å². The minimum atomic E-state index is -0.689. The maximum atomic E-state index is 13.8. The number of aromatic nitrogens is 2. The number of nitrogens with one attached hydrogen (secondary N) is 1. The van der Waals surface area contributed by atoms with E-state index in [-0.39, 0.29) is 49.9 Å². The normalized spacial score (nSPS) is 13.0. The molecule has 1 aromatic heterocycles. The molecule has 0 saturated heterocycles. The Bertz CT molecular complexity index is 1570. The van der Waals surface area contributed by atoms with Gasteiger partial charge < -0.3 is 24.4 Å². The first-order valence-corrected chi connectivity index (χ1v) is 15.3. The van der Waals surface area contributed by atoms with Crippen LogP contribution in [0.15, 0.2) is 40.9 Å². The number of hydrazine groups is 1. The summed E-state index contributed by atoms with van der Waals surface area (Å²) in [5.41, 5.74) is 3.40. The maximum absolute atomic E-state index is 13.8. The predicted molar refractivity (Wildman–Crippen MR) is 171 cm³/mol. The third-order valence-electron chi connectivity index (χ3n) is 7.65. The van der Waals surface area contributed by atoms with Crippen molar-refractivity contribution in [3.05, 3.63) is 64.8 Å². The number of aryl methyl sites for hydroxylation is 2. The Morgan fingerprint density at radius 1 is 1.04 bits per heavy atom. The summed E-state index contributed by atoms with van der Waals surface area (Å²) in [6.07, 6.45) is -0.498. The van der Waals surface area contributed by atoms with Gasteiger partial charge in [0, 0.05) is 57.4 Å². The van der Waals surface area contributed by atoms with Crippen molar-refractivity contribution in [3.63, 3.8) is 0 Å². The number of hydrogen-bond acceptors (Lipinski definition) is 9. The third kappa shape index (κ3) is 8.81. The summed E-state index contributed by atoms with van der Waals surface area (Å²) < 4.78 is 24.5. The van der Waals surface area contributed by atoms with Crippen LogP contribution < -0.4 is 5.32 Å². The number of amides is 3. The Kier molecular flexibility index (Phi) is 10.7. The maximum Gasteiger partial charge on any atom is 0.410 e. The first-order chi connectivity index (χ1) is 21.6. The number of nitrogens with zero attached hydrogens (tertiary/aromatic N) is 6. The summed E-state index contributed by atoms with van der Waals surface area (Å²) in [4.78, 5) is 47.5.